The van der Waals surface area contributed by atoms with E-state index in [0.717, 1.165) is 26.2 Å². The van der Waals surface area contributed by atoms with Gasteiger partial charge in [-0.05, 0) is 7.05 Å². The summed E-state index contributed by atoms with van der Waals surface area (Å²) in [4.78, 5) is 15.8. The van der Waals surface area contributed by atoms with Crippen molar-refractivity contribution >= 4 is 5.91 Å². The summed E-state index contributed by atoms with van der Waals surface area (Å²) < 4.78 is 5.66. The molecule has 2 heterocycles. The molecule has 15 heavy (non-hydrogen) atoms. The molecule has 2 aliphatic heterocycles. The second-order valence-electron chi connectivity index (χ2n) is 4.29. The Morgan fingerprint density at radius 3 is 3.00 bits per heavy atom. The van der Waals surface area contributed by atoms with Gasteiger partial charge in [-0.3, -0.25) is 9.69 Å². The Bertz CT molecular complexity index is 247. The second-order valence-corrected chi connectivity index (χ2v) is 4.29. The fourth-order valence-electron chi connectivity index (χ4n) is 2.34. The van der Waals surface area contributed by atoms with E-state index in [4.69, 9.17) is 10.5 Å². The van der Waals surface area contributed by atoms with Crippen LogP contribution in [0, 0.1) is 0 Å². The summed E-state index contributed by atoms with van der Waals surface area (Å²) in [6.45, 7) is 3.69. The zero-order valence-electron chi connectivity index (χ0n) is 9.19. The van der Waals surface area contributed by atoms with Gasteiger partial charge in [-0.1, -0.05) is 0 Å². The van der Waals surface area contributed by atoms with Gasteiger partial charge in [0.2, 0.25) is 5.91 Å². The van der Waals surface area contributed by atoms with Gasteiger partial charge in [-0.25, -0.2) is 0 Å². The highest BCUT2D eigenvalue weighted by atomic mass is 16.5. The minimum atomic E-state index is 0.156. The van der Waals surface area contributed by atoms with E-state index in [1.807, 2.05) is 4.90 Å². The summed E-state index contributed by atoms with van der Waals surface area (Å²) in [5.74, 6) is 0.156. The number of hydrogen-bond acceptors (Lipinski definition) is 4. The first-order valence-corrected chi connectivity index (χ1v) is 5.52. The maximum atomic E-state index is 11.7. The zero-order valence-corrected chi connectivity index (χ0v) is 9.19. The highest BCUT2D eigenvalue weighted by Crippen LogP contribution is 2.21. The van der Waals surface area contributed by atoms with Crippen LogP contribution in [0.25, 0.3) is 0 Å². The molecule has 2 aliphatic rings. The lowest BCUT2D eigenvalue weighted by Crippen LogP contribution is -2.48. The Hall–Kier alpha value is -0.650. The van der Waals surface area contributed by atoms with Crippen molar-refractivity contribution < 1.29 is 9.53 Å². The first-order chi connectivity index (χ1) is 7.22. The van der Waals surface area contributed by atoms with Gasteiger partial charge >= 0.3 is 0 Å². The van der Waals surface area contributed by atoms with Crippen molar-refractivity contribution in [2.75, 3.05) is 39.8 Å². The van der Waals surface area contributed by atoms with E-state index in [9.17, 15) is 4.79 Å². The lowest BCUT2D eigenvalue weighted by atomic mass is 10.1. The van der Waals surface area contributed by atoms with E-state index in [2.05, 4.69) is 11.9 Å². The van der Waals surface area contributed by atoms with Crippen molar-refractivity contribution in [3.63, 3.8) is 0 Å². The van der Waals surface area contributed by atoms with Crippen LogP contribution in [0.4, 0.5) is 0 Å². The Morgan fingerprint density at radius 1 is 1.53 bits per heavy atom. The van der Waals surface area contributed by atoms with Crippen molar-refractivity contribution in [2.45, 2.75) is 18.6 Å². The van der Waals surface area contributed by atoms with Gasteiger partial charge in [0, 0.05) is 32.6 Å². The van der Waals surface area contributed by atoms with Crippen LogP contribution in [0.1, 0.15) is 6.42 Å². The van der Waals surface area contributed by atoms with Crippen LogP contribution in [0.5, 0.6) is 0 Å². The van der Waals surface area contributed by atoms with Crippen LogP contribution < -0.4 is 5.73 Å². The highest BCUT2D eigenvalue weighted by molar-refractivity contribution is 5.76. The standard InChI is InChI=1S/C10H19N3O2/c1-12-4-5-15-9-7-13(6-8(9)12)10(14)2-3-11/h8-9H,2-7,11H2,1H3/t8-,9+/m0/s1. The summed E-state index contributed by atoms with van der Waals surface area (Å²) in [5, 5.41) is 0. The maximum Gasteiger partial charge on any atom is 0.223 e. The van der Waals surface area contributed by atoms with Crippen molar-refractivity contribution in [2.24, 2.45) is 5.73 Å². The third-order valence-electron chi connectivity index (χ3n) is 3.29. The number of ether oxygens (including phenoxy) is 1. The molecule has 2 saturated heterocycles. The molecule has 2 N–H and O–H groups in total. The average Bonchev–Trinajstić information content (AvgIpc) is 2.63. The SMILES string of the molecule is CN1CCO[C@@H]2CN(C(=O)CCN)C[C@@H]21. The summed E-state index contributed by atoms with van der Waals surface area (Å²) in [7, 11) is 2.09. The monoisotopic (exact) mass is 213 g/mol. The number of morpholine rings is 1. The van der Waals surface area contributed by atoms with E-state index in [1.54, 1.807) is 0 Å². The number of likely N-dealkylation sites (tertiary alicyclic amines) is 1. The quantitative estimate of drug-likeness (QED) is 0.631. The number of hydrogen-bond donors (Lipinski definition) is 1. The third-order valence-corrected chi connectivity index (χ3v) is 3.29. The molecular formula is C10H19N3O2. The molecule has 2 fully saturated rings. The van der Waals surface area contributed by atoms with Crippen molar-refractivity contribution in [1.82, 2.24) is 9.80 Å². The zero-order chi connectivity index (χ0) is 10.8. The fourth-order valence-corrected chi connectivity index (χ4v) is 2.34. The molecule has 0 bridgehead atoms. The van der Waals surface area contributed by atoms with Gasteiger partial charge in [-0.2, -0.15) is 0 Å². The molecule has 0 aromatic rings. The van der Waals surface area contributed by atoms with Crippen molar-refractivity contribution in [3.05, 3.63) is 0 Å². The number of nitrogens with two attached hydrogens (primary N) is 1. The van der Waals surface area contributed by atoms with E-state index >= 15 is 0 Å². The Labute approximate surface area is 90.1 Å². The van der Waals surface area contributed by atoms with Crippen LogP contribution in [0.2, 0.25) is 0 Å². The number of fused-ring (bicyclic) bond motifs is 1. The van der Waals surface area contributed by atoms with Gasteiger partial charge in [0.05, 0.1) is 18.8 Å². The van der Waals surface area contributed by atoms with E-state index in [1.165, 1.54) is 0 Å². The Balaban J connectivity index is 1.94. The van der Waals surface area contributed by atoms with E-state index < -0.39 is 0 Å². The summed E-state index contributed by atoms with van der Waals surface area (Å²) in [6, 6.07) is 0.375. The topological polar surface area (TPSA) is 58.8 Å². The van der Waals surface area contributed by atoms with Gasteiger partial charge < -0.3 is 15.4 Å². The molecule has 5 heteroatoms. The number of carbonyl (C=O) groups is 1. The minimum absolute atomic E-state index is 0.156. The van der Waals surface area contributed by atoms with Crippen LogP contribution in [0.15, 0.2) is 0 Å². The molecule has 86 valence electrons. The normalized spacial score (nSPS) is 31.7. The third kappa shape index (κ3) is 2.14. The molecule has 0 spiro atoms. The van der Waals surface area contributed by atoms with Crippen LogP contribution in [0.3, 0.4) is 0 Å². The molecule has 0 radical (unpaired) electrons. The molecule has 0 aromatic heterocycles. The number of carbonyl (C=O) groups excluding carboxylic acids is 1. The first kappa shape index (κ1) is 10.9. The fraction of sp³-hybridized carbons (Fsp3) is 0.900. The summed E-state index contributed by atoms with van der Waals surface area (Å²) >= 11 is 0. The lowest BCUT2D eigenvalue weighted by Gasteiger charge is -2.33. The molecule has 0 aromatic carbocycles. The Kier molecular flexibility index (Phi) is 3.23. The number of amides is 1. The molecule has 0 saturated carbocycles. The molecular weight excluding hydrogens is 194 g/mol. The van der Waals surface area contributed by atoms with Crippen LogP contribution in [-0.4, -0.2) is 67.7 Å². The van der Waals surface area contributed by atoms with Crippen molar-refractivity contribution in [3.8, 4) is 0 Å². The van der Waals surface area contributed by atoms with Gasteiger partial charge in [0.15, 0.2) is 0 Å². The van der Waals surface area contributed by atoms with Crippen molar-refractivity contribution in [1.29, 1.82) is 0 Å². The maximum absolute atomic E-state index is 11.7. The molecule has 0 unspecified atom stereocenters. The van der Waals surface area contributed by atoms with Crippen LogP contribution >= 0.6 is 0 Å². The molecule has 0 aliphatic carbocycles. The number of likely N-dealkylation sites (N-methyl/N-ethyl adjacent to an activating group) is 1. The smallest absolute Gasteiger partial charge is 0.223 e. The van der Waals surface area contributed by atoms with Gasteiger partial charge in [-0.15, -0.1) is 0 Å². The molecule has 2 atom stereocenters. The molecule has 2 rings (SSSR count). The molecule has 5 nitrogen and oxygen atoms in total. The second kappa shape index (κ2) is 4.47. The molecule has 1 amide bonds. The predicted octanol–water partition coefficient (Wildman–Crippen LogP) is -1.12. The van der Waals surface area contributed by atoms with Gasteiger partial charge in [0.1, 0.15) is 0 Å². The lowest BCUT2D eigenvalue weighted by molar-refractivity contribution is -0.130. The van der Waals surface area contributed by atoms with Gasteiger partial charge in [0.25, 0.3) is 0 Å². The predicted molar refractivity (Wildman–Crippen MR) is 56.4 cm³/mol. The minimum Gasteiger partial charge on any atom is -0.373 e. The highest BCUT2D eigenvalue weighted by Gasteiger charge is 2.39. The Morgan fingerprint density at radius 2 is 2.33 bits per heavy atom. The van der Waals surface area contributed by atoms with Crippen LogP contribution in [-0.2, 0) is 9.53 Å². The summed E-state index contributed by atoms with van der Waals surface area (Å²) in [6.07, 6.45) is 0.647. The first-order valence-electron chi connectivity index (χ1n) is 5.52. The van der Waals surface area contributed by atoms with E-state index in [-0.39, 0.29) is 12.0 Å². The van der Waals surface area contributed by atoms with E-state index in [0.29, 0.717) is 19.0 Å². The largest absolute Gasteiger partial charge is 0.373 e. The number of rotatable bonds is 2. The number of nitrogens with zero attached hydrogens (tertiary/aromatic N) is 2. The average molecular weight is 213 g/mol. The summed E-state index contributed by atoms with van der Waals surface area (Å²) in [5.41, 5.74) is 5.38.